The van der Waals surface area contributed by atoms with Crippen LogP contribution in [-0.2, 0) is 17.3 Å². The maximum atomic E-state index is 13.1. The summed E-state index contributed by atoms with van der Waals surface area (Å²) in [5.41, 5.74) is 2.51. The summed E-state index contributed by atoms with van der Waals surface area (Å²) in [5, 5.41) is 0.607. The smallest absolute Gasteiger partial charge is 0.255 e. The molecular weight excluding hydrogens is 283 g/mol. The highest BCUT2D eigenvalue weighted by molar-refractivity contribution is 7.98. The Bertz CT molecular complexity index is 672. The molecule has 3 rings (SSSR count). The molecule has 1 aliphatic heterocycles. The molecule has 19 heavy (non-hydrogen) atoms. The number of nitrogens with one attached hydrogen (secondary N) is 1. The van der Waals surface area contributed by atoms with Crippen molar-refractivity contribution >= 4 is 23.5 Å². The van der Waals surface area contributed by atoms with Gasteiger partial charge in [-0.1, -0.05) is 23.9 Å². The van der Waals surface area contributed by atoms with Gasteiger partial charge in [0, 0.05) is 22.8 Å². The SMILES string of the molecule is O=c1[nH]c(SCc2cccc(F)c2)nc2c1CSC2. The molecule has 0 unspecified atom stereocenters. The minimum atomic E-state index is -0.245. The number of aromatic amines is 1. The van der Waals surface area contributed by atoms with Crippen molar-refractivity contribution in [1.29, 1.82) is 0 Å². The van der Waals surface area contributed by atoms with Crippen molar-refractivity contribution in [3.63, 3.8) is 0 Å². The van der Waals surface area contributed by atoms with Gasteiger partial charge in [-0.05, 0) is 17.7 Å². The van der Waals surface area contributed by atoms with Gasteiger partial charge >= 0.3 is 0 Å². The number of halogens is 1. The van der Waals surface area contributed by atoms with E-state index in [1.807, 2.05) is 6.07 Å². The van der Waals surface area contributed by atoms with Gasteiger partial charge in [-0.15, -0.1) is 0 Å². The number of rotatable bonds is 3. The molecule has 0 amide bonds. The van der Waals surface area contributed by atoms with Gasteiger partial charge in [0.25, 0.3) is 5.56 Å². The molecule has 0 fully saturated rings. The van der Waals surface area contributed by atoms with Gasteiger partial charge in [0.1, 0.15) is 5.82 Å². The molecule has 0 radical (unpaired) electrons. The lowest BCUT2D eigenvalue weighted by Crippen LogP contribution is -2.14. The van der Waals surface area contributed by atoms with E-state index in [9.17, 15) is 9.18 Å². The number of aromatic nitrogens is 2. The van der Waals surface area contributed by atoms with Crippen LogP contribution in [0.3, 0.4) is 0 Å². The van der Waals surface area contributed by atoms with Crippen molar-refractivity contribution in [3.8, 4) is 0 Å². The van der Waals surface area contributed by atoms with E-state index in [-0.39, 0.29) is 11.4 Å². The van der Waals surface area contributed by atoms with Crippen LogP contribution >= 0.6 is 23.5 Å². The predicted octanol–water partition coefficient (Wildman–Crippen LogP) is 2.95. The molecule has 2 heterocycles. The molecule has 1 aliphatic rings. The summed E-state index contributed by atoms with van der Waals surface area (Å²) in [7, 11) is 0. The first-order valence-electron chi connectivity index (χ1n) is 5.79. The van der Waals surface area contributed by atoms with Gasteiger partial charge in [-0.2, -0.15) is 11.8 Å². The monoisotopic (exact) mass is 294 g/mol. The molecule has 1 N–H and O–H groups in total. The quantitative estimate of drug-likeness (QED) is 0.698. The van der Waals surface area contributed by atoms with E-state index < -0.39 is 0 Å². The Hall–Kier alpha value is -1.27. The highest BCUT2D eigenvalue weighted by Gasteiger charge is 2.17. The second kappa shape index (κ2) is 5.38. The summed E-state index contributed by atoms with van der Waals surface area (Å²) in [6.07, 6.45) is 0. The highest BCUT2D eigenvalue weighted by Crippen LogP contribution is 2.27. The number of thioether (sulfide) groups is 2. The fourth-order valence-corrected chi connectivity index (χ4v) is 3.75. The van der Waals surface area contributed by atoms with Crippen LogP contribution in [0.15, 0.2) is 34.2 Å². The number of H-pyrrole nitrogens is 1. The van der Waals surface area contributed by atoms with E-state index in [0.29, 0.717) is 10.9 Å². The molecular formula is C13H11FN2OS2. The second-order valence-electron chi connectivity index (χ2n) is 4.21. The van der Waals surface area contributed by atoms with E-state index in [0.717, 1.165) is 28.3 Å². The average molecular weight is 294 g/mol. The van der Waals surface area contributed by atoms with Crippen molar-refractivity contribution in [2.45, 2.75) is 22.4 Å². The number of hydrogen-bond donors (Lipinski definition) is 1. The van der Waals surface area contributed by atoms with E-state index in [1.165, 1.54) is 23.9 Å². The fourth-order valence-electron chi connectivity index (χ4n) is 1.89. The van der Waals surface area contributed by atoms with Gasteiger partial charge in [0.05, 0.1) is 5.69 Å². The first-order chi connectivity index (χ1) is 9.22. The first kappa shape index (κ1) is 12.7. The number of fused-ring (bicyclic) bond motifs is 1. The van der Waals surface area contributed by atoms with Gasteiger partial charge in [0.15, 0.2) is 5.16 Å². The molecule has 6 heteroatoms. The largest absolute Gasteiger partial charge is 0.301 e. The maximum absolute atomic E-state index is 13.1. The van der Waals surface area contributed by atoms with Crippen molar-refractivity contribution in [3.05, 3.63) is 57.3 Å². The average Bonchev–Trinajstić information content (AvgIpc) is 2.85. The Kier molecular flexibility index (Phi) is 3.61. The predicted molar refractivity (Wildman–Crippen MR) is 75.8 cm³/mol. The standard InChI is InChI=1S/C13H11FN2OS2/c14-9-3-1-2-8(4-9)5-19-13-15-11-7-18-6-10(11)12(17)16-13/h1-4H,5-7H2,(H,15,16,17). The molecule has 3 nitrogen and oxygen atoms in total. The number of hydrogen-bond acceptors (Lipinski definition) is 4. The topological polar surface area (TPSA) is 45.8 Å². The first-order valence-corrected chi connectivity index (χ1v) is 7.93. The third-order valence-electron chi connectivity index (χ3n) is 2.83. The van der Waals surface area contributed by atoms with Crippen LogP contribution in [0.2, 0.25) is 0 Å². The van der Waals surface area contributed by atoms with E-state index in [1.54, 1.807) is 17.8 Å². The minimum absolute atomic E-state index is 0.0447. The normalized spacial score (nSPS) is 13.5. The van der Waals surface area contributed by atoms with Crippen LogP contribution in [0.5, 0.6) is 0 Å². The Morgan fingerprint density at radius 3 is 3.16 bits per heavy atom. The maximum Gasteiger partial charge on any atom is 0.255 e. The van der Waals surface area contributed by atoms with Crippen LogP contribution in [0.1, 0.15) is 16.8 Å². The molecule has 0 atom stereocenters. The molecule has 0 aliphatic carbocycles. The fraction of sp³-hybridized carbons (Fsp3) is 0.231. The zero-order chi connectivity index (χ0) is 13.2. The van der Waals surface area contributed by atoms with Crippen LogP contribution < -0.4 is 5.56 Å². The molecule has 2 aromatic rings. The molecule has 0 bridgehead atoms. The Morgan fingerprint density at radius 1 is 1.42 bits per heavy atom. The summed E-state index contributed by atoms with van der Waals surface area (Å²) in [6.45, 7) is 0. The summed E-state index contributed by atoms with van der Waals surface area (Å²) < 4.78 is 13.1. The van der Waals surface area contributed by atoms with E-state index >= 15 is 0 Å². The van der Waals surface area contributed by atoms with Crippen molar-refractivity contribution < 1.29 is 4.39 Å². The van der Waals surface area contributed by atoms with Crippen LogP contribution in [-0.4, -0.2) is 9.97 Å². The van der Waals surface area contributed by atoms with Gasteiger partial charge in [0.2, 0.25) is 0 Å². The third-order valence-corrected chi connectivity index (χ3v) is 4.74. The summed E-state index contributed by atoms with van der Waals surface area (Å²) >= 11 is 3.12. The van der Waals surface area contributed by atoms with Gasteiger partial charge < -0.3 is 4.98 Å². The third kappa shape index (κ3) is 2.84. The Morgan fingerprint density at radius 2 is 2.32 bits per heavy atom. The summed E-state index contributed by atoms with van der Waals surface area (Å²) in [6, 6.07) is 6.45. The van der Waals surface area contributed by atoms with Crippen molar-refractivity contribution in [2.24, 2.45) is 0 Å². The molecule has 0 spiro atoms. The zero-order valence-corrected chi connectivity index (χ0v) is 11.6. The van der Waals surface area contributed by atoms with E-state index in [2.05, 4.69) is 9.97 Å². The lowest BCUT2D eigenvalue weighted by molar-refractivity contribution is 0.626. The second-order valence-corrected chi connectivity index (χ2v) is 6.16. The minimum Gasteiger partial charge on any atom is -0.301 e. The molecule has 1 aromatic carbocycles. The van der Waals surface area contributed by atoms with Crippen LogP contribution in [0, 0.1) is 5.82 Å². The highest BCUT2D eigenvalue weighted by atomic mass is 32.2. The van der Waals surface area contributed by atoms with Gasteiger partial charge in [-0.3, -0.25) is 4.79 Å². The van der Waals surface area contributed by atoms with Crippen molar-refractivity contribution in [2.75, 3.05) is 0 Å². The Labute approximate surface area is 118 Å². The number of benzene rings is 1. The zero-order valence-electron chi connectivity index (χ0n) is 9.98. The molecule has 0 saturated heterocycles. The van der Waals surface area contributed by atoms with E-state index in [4.69, 9.17) is 0 Å². The number of nitrogens with zero attached hydrogens (tertiary/aromatic N) is 1. The lowest BCUT2D eigenvalue weighted by atomic mass is 10.2. The van der Waals surface area contributed by atoms with Crippen LogP contribution in [0.25, 0.3) is 0 Å². The summed E-state index contributed by atoms with van der Waals surface area (Å²) in [5.74, 6) is 1.89. The summed E-state index contributed by atoms with van der Waals surface area (Å²) in [4.78, 5) is 19.0. The van der Waals surface area contributed by atoms with Gasteiger partial charge in [-0.25, -0.2) is 9.37 Å². The van der Waals surface area contributed by atoms with Crippen LogP contribution in [0.4, 0.5) is 4.39 Å². The Balaban J connectivity index is 1.77. The molecule has 98 valence electrons. The van der Waals surface area contributed by atoms with Crippen molar-refractivity contribution in [1.82, 2.24) is 9.97 Å². The lowest BCUT2D eigenvalue weighted by Gasteiger charge is -2.03. The molecule has 1 aromatic heterocycles. The molecule has 0 saturated carbocycles.